The number of nitrogens with one attached hydrogen (secondary N) is 1. The summed E-state index contributed by atoms with van der Waals surface area (Å²) in [4.78, 5) is 14.7. The molecule has 1 unspecified atom stereocenters. The van der Waals surface area contributed by atoms with Gasteiger partial charge in [-0.15, -0.1) is 0 Å². The minimum Gasteiger partial charge on any atom is -0.351 e. The molecule has 1 amide bonds. The van der Waals surface area contributed by atoms with Crippen molar-refractivity contribution in [2.75, 3.05) is 6.54 Å². The van der Waals surface area contributed by atoms with Crippen LogP contribution >= 0.6 is 0 Å². The average molecular weight is 276 g/mol. The molecule has 5 nitrogen and oxygen atoms in total. The second kappa shape index (κ2) is 5.56. The Morgan fingerprint density at radius 1 is 1.40 bits per heavy atom. The van der Waals surface area contributed by atoms with Gasteiger partial charge in [-0.3, -0.25) is 14.4 Å². The van der Waals surface area contributed by atoms with Gasteiger partial charge in [0.05, 0.1) is 12.2 Å². The van der Waals surface area contributed by atoms with Crippen LogP contribution in [0.15, 0.2) is 6.20 Å². The van der Waals surface area contributed by atoms with Gasteiger partial charge < -0.3 is 5.32 Å². The smallest absolute Gasteiger partial charge is 0.237 e. The van der Waals surface area contributed by atoms with Crippen molar-refractivity contribution in [3.8, 4) is 0 Å². The van der Waals surface area contributed by atoms with Crippen molar-refractivity contribution in [1.82, 2.24) is 20.0 Å². The van der Waals surface area contributed by atoms with E-state index in [0.29, 0.717) is 12.6 Å². The van der Waals surface area contributed by atoms with E-state index in [-0.39, 0.29) is 11.9 Å². The summed E-state index contributed by atoms with van der Waals surface area (Å²) >= 11 is 0. The van der Waals surface area contributed by atoms with Crippen LogP contribution in [0.5, 0.6) is 0 Å². The Morgan fingerprint density at radius 2 is 2.15 bits per heavy atom. The van der Waals surface area contributed by atoms with Gasteiger partial charge in [-0.05, 0) is 26.2 Å². The average Bonchev–Trinajstić information content (AvgIpc) is 2.99. The lowest BCUT2D eigenvalue weighted by molar-refractivity contribution is -0.132. The lowest BCUT2D eigenvalue weighted by Crippen LogP contribution is -2.59. The van der Waals surface area contributed by atoms with Gasteiger partial charge in [-0.2, -0.15) is 5.10 Å². The van der Waals surface area contributed by atoms with Gasteiger partial charge in [0.2, 0.25) is 5.91 Å². The Bertz CT molecular complexity index is 490. The third-order valence-corrected chi connectivity index (χ3v) is 4.95. The van der Waals surface area contributed by atoms with E-state index in [1.54, 1.807) is 0 Å². The fourth-order valence-electron chi connectivity index (χ4n) is 3.38. The first kappa shape index (κ1) is 13.6. The number of amides is 1. The molecule has 0 aromatic carbocycles. The molecule has 0 spiro atoms. The zero-order valence-corrected chi connectivity index (χ0v) is 12.4. The monoisotopic (exact) mass is 276 g/mol. The molecule has 1 atom stereocenters. The fourth-order valence-corrected chi connectivity index (χ4v) is 3.38. The summed E-state index contributed by atoms with van der Waals surface area (Å²) in [5.41, 5.74) is 2.22. The van der Waals surface area contributed by atoms with Crippen molar-refractivity contribution in [3.63, 3.8) is 0 Å². The molecule has 5 heteroatoms. The second-order valence-corrected chi connectivity index (χ2v) is 6.08. The number of carbonyl (C=O) groups excluding carboxylic acids is 1. The number of carbonyl (C=O) groups is 1. The summed E-state index contributed by atoms with van der Waals surface area (Å²) in [6, 6.07) is 0.759. The molecule has 3 rings (SSSR count). The van der Waals surface area contributed by atoms with Crippen molar-refractivity contribution >= 4 is 5.91 Å². The SMILES string of the molecule is Cc1c(CNC(=O)C2CCN2C2CCCC2)cnn1C. The van der Waals surface area contributed by atoms with Crippen LogP contribution in [0.2, 0.25) is 0 Å². The summed E-state index contributed by atoms with van der Waals surface area (Å²) in [5.74, 6) is 0.186. The van der Waals surface area contributed by atoms with E-state index in [0.717, 1.165) is 24.2 Å². The van der Waals surface area contributed by atoms with Crippen LogP contribution in [-0.4, -0.2) is 39.2 Å². The van der Waals surface area contributed by atoms with Crippen molar-refractivity contribution in [1.29, 1.82) is 0 Å². The van der Waals surface area contributed by atoms with E-state index in [4.69, 9.17) is 0 Å². The number of likely N-dealkylation sites (tertiary alicyclic amines) is 1. The van der Waals surface area contributed by atoms with Gasteiger partial charge in [-0.1, -0.05) is 12.8 Å². The van der Waals surface area contributed by atoms with Crippen LogP contribution in [0.25, 0.3) is 0 Å². The molecule has 0 bridgehead atoms. The maximum atomic E-state index is 12.3. The number of hydrogen-bond donors (Lipinski definition) is 1. The highest BCUT2D eigenvalue weighted by atomic mass is 16.2. The Hall–Kier alpha value is -1.36. The van der Waals surface area contributed by atoms with Crippen molar-refractivity contribution in [3.05, 3.63) is 17.5 Å². The van der Waals surface area contributed by atoms with Crippen LogP contribution in [0.4, 0.5) is 0 Å². The maximum Gasteiger partial charge on any atom is 0.237 e. The summed E-state index contributed by atoms with van der Waals surface area (Å²) in [5, 5.41) is 7.28. The Morgan fingerprint density at radius 3 is 2.70 bits per heavy atom. The normalized spacial score (nSPS) is 23.8. The fraction of sp³-hybridized carbons (Fsp3) is 0.733. The van der Waals surface area contributed by atoms with Crippen molar-refractivity contribution in [2.24, 2.45) is 7.05 Å². The highest BCUT2D eigenvalue weighted by Gasteiger charge is 2.39. The molecular formula is C15H24N4O. The Balaban J connectivity index is 1.53. The lowest BCUT2D eigenvalue weighted by atomic mass is 9.98. The third kappa shape index (κ3) is 2.46. The molecule has 0 radical (unpaired) electrons. The molecule has 1 saturated heterocycles. The molecule has 20 heavy (non-hydrogen) atoms. The number of nitrogens with zero attached hydrogens (tertiary/aromatic N) is 3. The topological polar surface area (TPSA) is 50.2 Å². The van der Waals surface area contributed by atoms with Gasteiger partial charge in [-0.25, -0.2) is 0 Å². The molecule has 1 N–H and O–H groups in total. The molecule has 110 valence electrons. The number of aromatic nitrogens is 2. The lowest BCUT2D eigenvalue weighted by Gasteiger charge is -2.43. The molecule has 1 aromatic rings. The van der Waals surface area contributed by atoms with E-state index in [9.17, 15) is 4.79 Å². The highest BCUT2D eigenvalue weighted by molar-refractivity contribution is 5.82. The summed E-state index contributed by atoms with van der Waals surface area (Å²) in [7, 11) is 1.93. The van der Waals surface area contributed by atoms with E-state index < -0.39 is 0 Å². The summed E-state index contributed by atoms with van der Waals surface area (Å²) in [6.07, 6.45) is 8.03. The first-order valence-electron chi connectivity index (χ1n) is 7.67. The molecule has 2 aliphatic rings. The van der Waals surface area contributed by atoms with Gasteiger partial charge in [0.15, 0.2) is 0 Å². The maximum absolute atomic E-state index is 12.3. The van der Waals surface area contributed by atoms with Crippen molar-refractivity contribution < 1.29 is 4.79 Å². The van der Waals surface area contributed by atoms with Crippen LogP contribution in [0.3, 0.4) is 0 Å². The first-order chi connectivity index (χ1) is 9.66. The molecule has 1 aliphatic carbocycles. The van der Waals surface area contributed by atoms with Crippen LogP contribution in [0.1, 0.15) is 43.4 Å². The summed E-state index contributed by atoms with van der Waals surface area (Å²) < 4.78 is 1.84. The zero-order chi connectivity index (χ0) is 14.1. The minimum absolute atomic E-state index is 0.107. The van der Waals surface area contributed by atoms with Crippen LogP contribution in [0, 0.1) is 6.92 Å². The molecule has 2 heterocycles. The number of aryl methyl sites for hydroxylation is 1. The van der Waals surface area contributed by atoms with E-state index in [2.05, 4.69) is 15.3 Å². The van der Waals surface area contributed by atoms with Gasteiger partial charge in [0.1, 0.15) is 0 Å². The summed E-state index contributed by atoms with van der Waals surface area (Å²) in [6.45, 7) is 3.71. The van der Waals surface area contributed by atoms with E-state index >= 15 is 0 Å². The molecule has 1 saturated carbocycles. The highest BCUT2D eigenvalue weighted by Crippen LogP contribution is 2.30. The van der Waals surface area contributed by atoms with Crippen LogP contribution < -0.4 is 5.32 Å². The van der Waals surface area contributed by atoms with Crippen molar-refractivity contribution in [2.45, 2.75) is 57.7 Å². The predicted molar refractivity (Wildman–Crippen MR) is 77.2 cm³/mol. The minimum atomic E-state index is 0.107. The first-order valence-corrected chi connectivity index (χ1v) is 7.67. The standard InChI is InChI=1S/C15H24N4O/c1-11-12(10-17-18(11)2)9-16-15(20)14-7-8-19(14)13-5-3-4-6-13/h10,13-14H,3-9H2,1-2H3,(H,16,20). The molecule has 2 fully saturated rings. The van der Waals surface area contributed by atoms with Gasteiger partial charge in [0, 0.05) is 37.4 Å². The number of hydrogen-bond acceptors (Lipinski definition) is 3. The Labute approximate surface area is 120 Å². The largest absolute Gasteiger partial charge is 0.351 e. The molecular weight excluding hydrogens is 252 g/mol. The molecule has 1 aromatic heterocycles. The van der Waals surface area contributed by atoms with E-state index in [1.165, 1.54) is 25.7 Å². The predicted octanol–water partition coefficient (Wildman–Crippen LogP) is 1.36. The van der Waals surface area contributed by atoms with Gasteiger partial charge >= 0.3 is 0 Å². The molecule has 1 aliphatic heterocycles. The van der Waals surface area contributed by atoms with Crippen LogP contribution in [-0.2, 0) is 18.4 Å². The zero-order valence-electron chi connectivity index (χ0n) is 12.4. The second-order valence-electron chi connectivity index (χ2n) is 6.08. The van der Waals surface area contributed by atoms with E-state index in [1.807, 2.05) is 24.9 Å². The van der Waals surface area contributed by atoms with Gasteiger partial charge in [0.25, 0.3) is 0 Å². The number of rotatable bonds is 4. The Kier molecular flexibility index (Phi) is 3.78. The quantitative estimate of drug-likeness (QED) is 0.903. The third-order valence-electron chi connectivity index (χ3n) is 4.95.